The van der Waals surface area contributed by atoms with Crippen molar-refractivity contribution < 1.29 is 9.21 Å². The molecule has 0 saturated carbocycles. The Morgan fingerprint density at radius 2 is 2.04 bits per heavy atom. The fourth-order valence-electron chi connectivity index (χ4n) is 3.20. The Kier molecular flexibility index (Phi) is 4.08. The van der Waals surface area contributed by atoms with E-state index in [1.807, 2.05) is 49.4 Å². The molecule has 2 aromatic carbocycles. The predicted octanol–water partition coefficient (Wildman–Crippen LogP) is 3.80. The number of fused-ring (bicyclic) bond motifs is 2. The second-order valence-corrected chi connectivity index (χ2v) is 6.39. The van der Waals surface area contributed by atoms with Crippen molar-refractivity contribution in [1.29, 1.82) is 0 Å². The van der Waals surface area contributed by atoms with Crippen LogP contribution in [0.15, 0.2) is 57.7 Å². The number of nitrogens with zero attached hydrogens (tertiary/aromatic N) is 1. The SMILES string of the molecule is Cc1cc2cc(NC(=O)CCCn3c(=O)oc4ccccc43)ccc2[nH]1. The number of aromatic nitrogens is 2. The van der Waals surface area contributed by atoms with Crippen molar-refractivity contribution in [2.24, 2.45) is 0 Å². The van der Waals surface area contributed by atoms with Gasteiger partial charge >= 0.3 is 5.76 Å². The molecule has 0 spiro atoms. The average molecular weight is 349 g/mol. The highest BCUT2D eigenvalue weighted by atomic mass is 16.4. The second kappa shape index (κ2) is 6.55. The molecular weight excluding hydrogens is 330 g/mol. The Balaban J connectivity index is 1.38. The topological polar surface area (TPSA) is 80.0 Å². The van der Waals surface area contributed by atoms with Gasteiger partial charge in [-0.3, -0.25) is 9.36 Å². The Morgan fingerprint density at radius 1 is 1.19 bits per heavy atom. The molecule has 2 heterocycles. The summed E-state index contributed by atoms with van der Waals surface area (Å²) in [5.74, 6) is -0.461. The minimum atomic E-state index is -0.389. The lowest BCUT2D eigenvalue weighted by atomic mass is 10.2. The highest BCUT2D eigenvalue weighted by molar-refractivity contribution is 5.93. The summed E-state index contributed by atoms with van der Waals surface area (Å²) in [6.07, 6.45) is 0.886. The lowest BCUT2D eigenvalue weighted by molar-refractivity contribution is -0.116. The Labute approximate surface area is 149 Å². The van der Waals surface area contributed by atoms with Gasteiger partial charge in [-0.25, -0.2) is 4.79 Å². The Morgan fingerprint density at radius 3 is 2.92 bits per heavy atom. The van der Waals surface area contributed by atoms with E-state index < -0.39 is 0 Å². The average Bonchev–Trinajstić information content (AvgIpc) is 3.13. The molecule has 0 bridgehead atoms. The van der Waals surface area contributed by atoms with E-state index in [0.29, 0.717) is 25.0 Å². The minimum absolute atomic E-state index is 0.0718. The van der Waals surface area contributed by atoms with Gasteiger partial charge in [0.05, 0.1) is 5.52 Å². The first kappa shape index (κ1) is 16.2. The van der Waals surface area contributed by atoms with Gasteiger partial charge in [0.25, 0.3) is 0 Å². The van der Waals surface area contributed by atoms with Gasteiger partial charge in [0.2, 0.25) is 5.91 Å². The summed E-state index contributed by atoms with van der Waals surface area (Å²) >= 11 is 0. The number of para-hydroxylation sites is 2. The summed E-state index contributed by atoms with van der Waals surface area (Å²) in [4.78, 5) is 27.4. The van der Waals surface area contributed by atoms with Crippen LogP contribution in [0, 0.1) is 6.92 Å². The van der Waals surface area contributed by atoms with E-state index >= 15 is 0 Å². The molecule has 0 aliphatic carbocycles. The van der Waals surface area contributed by atoms with Crippen LogP contribution >= 0.6 is 0 Å². The van der Waals surface area contributed by atoms with Gasteiger partial charge in [0.15, 0.2) is 5.58 Å². The zero-order valence-corrected chi connectivity index (χ0v) is 14.4. The Bertz CT molecular complexity index is 1150. The van der Waals surface area contributed by atoms with E-state index in [4.69, 9.17) is 4.42 Å². The van der Waals surface area contributed by atoms with Crippen LogP contribution in [0.5, 0.6) is 0 Å². The molecule has 1 amide bonds. The van der Waals surface area contributed by atoms with Crippen molar-refractivity contribution in [1.82, 2.24) is 9.55 Å². The lowest BCUT2D eigenvalue weighted by Crippen LogP contribution is -2.17. The molecule has 132 valence electrons. The number of nitrogens with one attached hydrogen (secondary N) is 2. The number of oxazole rings is 1. The number of aryl methyl sites for hydroxylation is 2. The summed E-state index contributed by atoms with van der Waals surface area (Å²) in [5, 5.41) is 3.98. The third-order valence-corrected chi connectivity index (χ3v) is 4.40. The van der Waals surface area contributed by atoms with E-state index in [0.717, 1.165) is 27.8 Å². The molecule has 0 aliphatic heterocycles. The second-order valence-electron chi connectivity index (χ2n) is 6.39. The zero-order valence-electron chi connectivity index (χ0n) is 14.4. The van der Waals surface area contributed by atoms with Crippen molar-refractivity contribution >= 4 is 33.6 Å². The summed E-state index contributed by atoms with van der Waals surface area (Å²) in [6, 6.07) is 15.1. The molecule has 2 N–H and O–H groups in total. The number of hydrogen-bond acceptors (Lipinski definition) is 3. The molecule has 0 aliphatic rings. The molecular formula is C20H19N3O3. The van der Waals surface area contributed by atoms with E-state index in [1.54, 1.807) is 10.6 Å². The number of hydrogen-bond donors (Lipinski definition) is 2. The van der Waals surface area contributed by atoms with Crippen molar-refractivity contribution in [2.75, 3.05) is 5.32 Å². The number of H-pyrrole nitrogens is 1. The normalized spacial score (nSPS) is 11.3. The lowest BCUT2D eigenvalue weighted by Gasteiger charge is -2.06. The first-order chi connectivity index (χ1) is 12.6. The van der Waals surface area contributed by atoms with Gasteiger partial charge in [0.1, 0.15) is 0 Å². The molecule has 0 radical (unpaired) electrons. The minimum Gasteiger partial charge on any atom is -0.408 e. The Hall–Kier alpha value is -3.28. The fraction of sp³-hybridized carbons (Fsp3) is 0.200. The van der Waals surface area contributed by atoms with Crippen molar-refractivity contribution in [3.63, 3.8) is 0 Å². The monoisotopic (exact) mass is 349 g/mol. The predicted molar refractivity (Wildman–Crippen MR) is 101 cm³/mol. The van der Waals surface area contributed by atoms with E-state index in [1.165, 1.54) is 0 Å². The summed E-state index contributed by atoms with van der Waals surface area (Å²) < 4.78 is 6.77. The van der Waals surface area contributed by atoms with E-state index in [-0.39, 0.29) is 11.7 Å². The van der Waals surface area contributed by atoms with Crippen LogP contribution in [-0.2, 0) is 11.3 Å². The molecule has 26 heavy (non-hydrogen) atoms. The van der Waals surface area contributed by atoms with Crippen LogP contribution in [0.2, 0.25) is 0 Å². The van der Waals surface area contributed by atoms with Crippen LogP contribution in [-0.4, -0.2) is 15.5 Å². The maximum absolute atomic E-state index is 12.2. The van der Waals surface area contributed by atoms with E-state index in [2.05, 4.69) is 10.3 Å². The number of aromatic amines is 1. The van der Waals surface area contributed by atoms with Crippen molar-refractivity contribution in [2.45, 2.75) is 26.3 Å². The highest BCUT2D eigenvalue weighted by Gasteiger charge is 2.09. The fourth-order valence-corrected chi connectivity index (χ4v) is 3.20. The van der Waals surface area contributed by atoms with Gasteiger partial charge in [-0.1, -0.05) is 12.1 Å². The molecule has 2 aromatic heterocycles. The molecule has 0 atom stereocenters. The number of carbonyl (C=O) groups excluding carboxylic acids is 1. The van der Waals surface area contributed by atoms with Gasteiger partial charge in [0, 0.05) is 35.2 Å². The van der Waals surface area contributed by atoms with E-state index in [9.17, 15) is 9.59 Å². The number of benzene rings is 2. The quantitative estimate of drug-likeness (QED) is 0.575. The van der Waals surface area contributed by atoms with Crippen LogP contribution in [0.4, 0.5) is 5.69 Å². The van der Waals surface area contributed by atoms with Crippen LogP contribution in [0.1, 0.15) is 18.5 Å². The summed E-state index contributed by atoms with van der Waals surface area (Å²) in [6.45, 7) is 2.44. The van der Waals surface area contributed by atoms with Crippen LogP contribution in [0.3, 0.4) is 0 Å². The number of anilines is 1. The maximum atomic E-state index is 12.2. The molecule has 6 heteroatoms. The third-order valence-electron chi connectivity index (χ3n) is 4.40. The van der Waals surface area contributed by atoms with Crippen LogP contribution < -0.4 is 11.1 Å². The first-order valence-electron chi connectivity index (χ1n) is 8.58. The standard InChI is InChI=1S/C20H19N3O3/c1-13-11-14-12-15(8-9-16(14)21-13)22-19(24)7-4-10-23-17-5-2-3-6-18(17)26-20(23)25/h2-3,5-6,8-9,11-12,21H,4,7,10H2,1H3,(H,22,24). The highest BCUT2D eigenvalue weighted by Crippen LogP contribution is 2.20. The van der Waals surface area contributed by atoms with Gasteiger partial charge in [-0.2, -0.15) is 0 Å². The third kappa shape index (κ3) is 3.13. The first-order valence-corrected chi connectivity index (χ1v) is 8.58. The van der Waals surface area contributed by atoms with Gasteiger partial charge in [-0.15, -0.1) is 0 Å². The molecule has 4 aromatic rings. The largest absolute Gasteiger partial charge is 0.419 e. The summed E-state index contributed by atoms with van der Waals surface area (Å²) in [5.41, 5.74) is 4.23. The maximum Gasteiger partial charge on any atom is 0.419 e. The number of carbonyl (C=O) groups is 1. The number of rotatable bonds is 5. The smallest absolute Gasteiger partial charge is 0.408 e. The van der Waals surface area contributed by atoms with Gasteiger partial charge < -0.3 is 14.7 Å². The zero-order chi connectivity index (χ0) is 18.1. The molecule has 0 unspecified atom stereocenters. The van der Waals surface area contributed by atoms with Crippen LogP contribution in [0.25, 0.3) is 22.0 Å². The van der Waals surface area contributed by atoms with Crippen molar-refractivity contribution in [3.8, 4) is 0 Å². The molecule has 0 saturated heterocycles. The molecule has 4 rings (SSSR count). The summed E-state index contributed by atoms with van der Waals surface area (Å²) in [7, 11) is 0. The molecule has 0 fully saturated rings. The number of amides is 1. The van der Waals surface area contributed by atoms with Crippen molar-refractivity contribution in [3.05, 3.63) is 64.8 Å². The van der Waals surface area contributed by atoms with Gasteiger partial charge in [-0.05, 0) is 49.7 Å². The molecule has 6 nitrogen and oxygen atoms in total.